The van der Waals surface area contributed by atoms with Crippen LogP contribution in [0.2, 0.25) is 0 Å². The molecular weight excluding hydrogens is 376 g/mol. The van der Waals surface area contributed by atoms with Gasteiger partial charge in [0.2, 0.25) is 11.5 Å². The molecule has 2 heterocycles. The molecule has 1 unspecified atom stereocenters. The number of methoxy groups -OCH3 is 1. The lowest BCUT2D eigenvalue weighted by molar-refractivity contribution is 0.225. The zero-order chi connectivity index (χ0) is 21.1. The summed E-state index contributed by atoms with van der Waals surface area (Å²) in [5.41, 5.74) is 5.36. The highest BCUT2D eigenvalue weighted by molar-refractivity contribution is 5.76. The standard InChI is InChI=1S/C24H26N4O2/c1-17-10-12-18(13-11-17)14-20(16-29)28-22-8-4-3-7-21(22)27(24(28)25)15-19-6-5-9-23(26-19)30-2/h3-13,20,25,29H,14-16H2,1-2H3. The number of para-hydroxylation sites is 2. The van der Waals surface area contributed by atoms with Gasteiger partial charge in [-0.05, 0) is 37.1 Å². The first-order valence-corrected chi connectivity index (χ1v) is 10.0. The van der Waals surface area contributed by atoms with E-state index in [1.54, 1.807) is 7.11 Å². The van der Waals surface area contributed by atoms with Gasteiger partial charge in [-0.2, -0.15) is 0 Å². The summed E-state index contributed by atoms with van der Waals surface area (Å²) < 4.78 is 9.09. The molecule has 154 valence electrons. The van der Waals surface area contributed by atoms with Crippen LogP contribution in [-0.2, 0) is 13.0 Å². The van der Waals surface area contributed by atoms with Crippen molar-refractivity contribution < 1.29 is 9.84 Å². The van der Waals surface area contributed by atoms with Crippen LogP contribution in [0.5, 0.6) is 5.88 Å². The molecule has 2 aromatic carbocycles. The number of benzene rings is 2. The largest absolute Gasteiger partial charge is 0.481 e. The van der Waals surface area contributed by atoms with E-state index in [4.69, 9.17) is 10.1 Å². The summed E-state index contributed by atoms with van der Waals surface area (Å²) in [5, 5.41) is 19.1. The Hall–Kier alpha value is -3.38. The van der Waals surface area contributed by atoms with Crippen molar-refractivity contribution in [3.05, 3.63) is 89.2 Å². The average molecular weight is 402 g/mol. The number of aryl methyl sites for hydroxylation is 1. The second-order valence-corrected chi connectivity index (χ2v) is 7.47. The molecule has 0 aliphatic heterocycles. The zero-order valence-electron chi connectivity index (χ0n) is 17.2. The van der Waals surface area contributed by atoms with Crippen molar-refractivity contribution in [2.75, 3.05) is 13.7 Å². The summed E-state index contributed by atoms with van der Waals surface area (Å²) >= 11 is 0. The Morgan fingerprint density at radius 1 is 1.00 bits per heavy atom. The monoisotopic (exact) mass is 402 g/mol. The van der Waals surface area contributed by atoms with Crippen molar-refractivity contribution in [2.45, 2.75) is 25.9 Å². The number of imidazole rings is 1. The number of nitrogens with one attached hydrogen (secondary N) is 1. The minimum absolute atomic E-state index is 0.0458. The zero-order valence-corrected chi connectivity index (χ0v) is 17.2. The molecule has 6 nitrogen and oxygen atoms in total. The third-order valence-electron chi connectivity index (χ3n) is 5.39. The summed E-state index contributed by atoms with van der Waals surface area (Å²) in [7, 11) is 1.60. The van der Waals surface area contributed by atoms with Crippen LogP contribution in [0.4, 0.5) is 0 Å². The van der Waals surface area contributed by atoms with Gasteiger partial charge in [-0.3, -0.25) is 5.41 Å². The van der Waals surface area contributed by atoms with E-state index in [0.29, 0.717) is 24.5 Å². The average Bonchev–Trinajstić information content (AvgIpc) is 3.05. The van der Waals surface area contributed by atoms with Gasteiger partial charge in [0.15, 0.2) is 0 Å². The van der Waals surface area contributed by atoms with Crippen LogP contribution >= 0.6 is 0 Å². The third kappa shape index (κ3) is 3.86. The molecule has 4 rings (SSSR count). The number of fused-ring (bicyclic) bond motifs is 1. The summed E-state index contributed by atoms with van der Waals surface area (Å²) in [6.45, 7) is 2.46. The van der Waals surface area contributed by atoms with Gasteiger partial charge in [0.05, 0.1) is 43.0 Å². The fourth-order valence-corrected chi connectivity index (χ4v) is 3.84. The van der Waals surface area contributed by atoms with Gasteiger partial charge in [0.1, 0.15) is 0 Å². The van der Waals surface area contributed by atoms with Gasteiger partial charge in [0, 0.05) is 6.07 Å². The molecule has 2 N–H and O–H groups in total. The van der Waals surface area contributed by atoms with E-state index in [1.165, 1.54) is 5.56 Å². The summed E-state index contributed by atoms with van der Waals surface area (Å²) in [6, 6.07) is 21.7. The SMILES string of the molecule is COc1cccc(Cn2c(=N)n(C(CO)Cc3ccc(C)cc3)c3ccccc32)n1. The molecule has 0 radical (unpaired) electrons. The second-order valence-electron chi connectivity index (χ2n) is 7.47. The molecular formula is C24H26N4O2. The molecule has 1 atom stereocenters. The fourth-order valence-electron chi connectivity index (χ4n) is 3.84. The number of aliphatic hydroxyl groups excluding tert-OH is 1. The van der Waals surface area contributed by atoms with Crippen LogP contribution in [0.15, 0.2) is 66.7 Å². The lowest BCUT2D eigenvalue weighted by Gasteiger charge is -2.17. The molecule has 30 heavy (non-hydrogen) atoms. The van der Waals surface area contributed by atoms with Gasteiger partial charge in [-0.25, -0.2) is 4.98 Å². The topological polar surface area (TPSA) is 76.1 Å². The summed E-state index contributed by atoms with van der Waals surface area (Å²) in [5.74, 6) is 0.552. The van der Waals surface area contributed by atoms with E-state index in [0.717, 1.165) is 22.3 Å². The first kappa shape index (κ1) is 19.9. The number of ether oxygens (including phenoxy) is 1. The summed E-state index contributed by atoms with van der Waals surface area (Å²) in [6.07, 6.45) is 0.652. The van der Waals surface area contributed by atoms with E-state index < -0.39 is 0 Å². The van der Waals surface area contributed by atoms with Crippen LogP contribution in [-0.4, -0.2) is 32.9 Å². The first-order chi connectivity index (χ1) is 14.6. The molecule has 0 fully saturated rings. The van der Waals surface area contributed by atoms with Crippen molar-refractivity contribution in [1.29, 1.82) is 5.41 Å². The van der Waals surface area contributed by atoms with Gasteiger partial charge in [-0.15, -0.1) is 0 Å². The maximum atomic E-state index is 10.2. The number of aromatic nitrogens is 3. The number of rotatable bonds is 7. The highest BCUT2D eigenvalue weighted by Gasteiger charge is 2.19. The van der Waals surface area contributed by atoms with Crippen LogP contribution in [0.1, 0.15) is 22.9 Å². The normalized spacial score (nSPS) is 12.2. The van der Waals surface area contributed by atoms with Crippen molar-refractivity contribution in [1.82, 2.24) is 14.1 Å². The van der Waals surface area contributed by atoms with Gasteiger partial charge < -0.3 is 19.0 Å². The first-order valence-electron chi connectivity index (χ1n) is 10.0. The maximum absolute atomic E-state index is 10.2. The van der Waals surface area contributed by atoms with Crippen molar-refractivity contribution in [2.24, 2.45) is 0 Å². The lowest BCUT2D eigenvalue weighted by Crippen LogP contribution is -2.31. The molecule has 0 aliphatic carbocycles. The van der Waals surface area contributed by atoms with Crippen LogP contribution in [0.25, 0.3) is 11.0 Å². The number of aliphatic hydroxyl groups is 1. The minimum Gasteiger partial charge on any atom is -0.481 e. The minimum atomic E-state index is -0.232. The Kier molecular flexibility index (Phi) is 5.68. The molecule has 6 heteroatoms. The van der Waals surface area contributed by atoms with E-state index in [1.807, 2.05) is 51.6 Å². The van der Waals surface area contributed by atoms with Crippen molar-refractivity contribution in [3.8, 4) is 5.88 Å². The van der Waals surface area contributed by atoms with Crippen LogP contribution in [0, 0.1) is 12.3 Å². The quantitative estimate of drug-likeness (QED) is 0.497. The summed E-state index contributed by atoms with van der Waals surface area (Å²) in [4.78, 5) is 4.50. The molecule has 0 saturated heterocycles. The molecule has 0 saturated carbocycles. The predicted molar refractivity (Wildman–Crippen MR) is 117 cm³/mol. The highest BCUT2D eigenvalue weighted by Crippen LogP contribution is 2.21. The molecule has 2 aromatic heterocycles. The number of pyridine rings is 1. The molecule has 0 amide bonds. The Balaban J connectivity index is 1.77. The fraction of sp³-hybridized carbons (Fsp3) is 0.250. The number of hydrogen-bond donors (Lipinski definition) is 2. The molecule has 0 bridgehead atoms. The Bertz CT molecular complexity index is 1210. The number of nitrogens with zero attached hydrogens (tertiary/aromatic N) is 3. The van der Waals surface area contributed by atoms with Gasteiger partial charge in [0.25, 0.3) is 0 Å². The predicted octanol–water partition coefficient (Wildman–Crippen LogP) is 3.46. The van der Waals surface area contributed by atoms with Crippen LogP contribution < -0.4 is 10.4 Å². The van der Waals surface area contributed by atoms with E-state index >= 15 is 0 Å². The van der Waals surface area contributed by atoms with E-state index in [2.05, 4.69) is 36.2 Å². The smallest absolute Gasteiger partial charge is 0.213 e. The van der Waals surface area contributed by atoms with Gasteiger partial charge in [-0.1, -0.05) is 48.0 Å². The Labute approximate surface area is 175 Å². The third-order valence-corrected chi connectivity index (χ3v) is 5.39. The highest BCUT2D eigenvalue weighted by atomic mass is 16.5. The molecule has 4 aromatic rings. The Morgan fingerprint density at radius 2 is 1.73 bits per heavy atom. The molecule has 0 spiro atoms. The van der Waals surface area contributed by atoms with Gasteiger partial charge >= 0.3 is 0 Å². The second kappa shape index (κ2) is 8.55. The van der Waals surface area contributed by atoms with E-state index in [9.17, 15) is 5.11 Å². The lowest BCUT2D eigenvalue weighted by atomic mass is 10.0. The van der Waals surface area contributed by atoms with Crippen LogP contribution in [0.3, 0.4) is 0 Å². The van der Waals surface area contributed by atoms with E-state index in [-0.39, 0.29) is 12.6 Å². The maximum Gasteiger partial charge on any atom is 0.213 e. The Morgan fingerprint density at radius 3 is 2.43 bits per heavy atom. The van der Waals surface area contributed by atoms with Crippen molar-refractivity contribution >= 4 is 11.0 Å². The molecule has 0 aliphatic rings. The van der Waals surface area contributed by atoms with Crippen molar-refractivity contribution in [3.63, 3.8) is 0 Å². The number of hydrogen-bond acceptors (Lipinski definition) is 4.